The van der Waals surface area contributed by atoms with Crippen LogP contribution >= 0.6 is 0 Å². The van der Waals surface area contributed by atoms with E-state index < -0.39 is 12.1 Å². The summed E-state index contributed by atoms with van der Waals surface area (Å²) in [5.74, 6) is 4.22. The SMILES string of the molecule is CCC(CC)[C@@H](O)C#CC(=O)OC. The zero-order valence-electron chi connectivity index (χ0n) is 8.33. The maximum atomic E-state index is 10.6. The van der Waals surface area contributed by atoms with E-state index in [-0.39, 0.29) is 5.92 Å². The number of hydrogen-bond acceptors (Lipinski definition) is 3. The van der Waals surface area contributed by atoms with Crippen molar-refractivity contribution in [1.82, 2.24) is 0 Å². The van der Waals surface area contributed by atoms with E-state index in [1.807, 2.05) is 13.8 Å². The van der Waals surface area contributed by atoms with E-state index in [1.54, 1.807) is 0 Å². The van der Waals surface area contributed by atoms with Crippen LogP contribution in [0, 0.1) is 17.8 Å². The van der Waals surface area contributed by atoms with Gasteiger partial charge < -0.3 is 9.84 Å². The molecule has 0 aromatic heterocycles. The zero-order valence-corrected chi connectivity index (χ0v) is 8.33. The number of methoxy groups -OCH3 is 1. The van der Waals surface area contributed by atoms with Gasteiger partial charge in [-0.05, 0) is 18.8 Å². The first kappa shape index (κ1) is 12.0. The van der Waals surface area contributed by atoms with Crippen molar-refractivity contribution in [1.29, 1.82) is 0 Å². The molecule has 0 saturated heterocycles. The Labute approximate surface area is 79.1 Å². The largest absolute Gasteiger partial charge is 0.459 e. The quantitative estimate of drug-likeness (QED) is 0.403. The molecule has 0 aliphatic heterocycles. The van der Waals surface area contributed by atoms with Crippen LogP contribution in [-0.2, 0) is 9.53 Å². The highest BCUT2D eigenvalue weighted by Gasteiger charge is 2.12. The first-order chi connectivity index (χ1) is 6.15. The van der Waals surface area contributed by atoms with Crippen molar-refractivity contribution in [3.05, 3.63) is 0 Å². The molecule has 0 aliphatic rings. The second kappa shape index (κ2) is 6.50. The van der Waals surface area contributed by atoms with E-state index >= 15 is 0 Å². The van der Waals surface area contributed by atoms with E-state index in [0.29, 0.717) is 0 Å². The van der Waals surface area contributed by atoms with Gasteiger partial charge in [-0.15, -0.1) is 0 Å². The Bertz CT molecular complexity index is 208. The highest BCUT2D eigenvalue weighted by Crippen LogP contribution is 2.11. The predicted molar refractivity (Wildman–Crippen MR) is 49.9 cm³/mol. The summed E-state index contributed by atoms with van der Waals surface area (Å²) in [5.41, 5.74) is 0. The average Bonchev–Trinajstić information content (AvgIpc) is 2.16. The van der Waals surface area contributed by atoms with Gasteiger partial charge in [0.2, 0.25) is 0 Å². The molecule has 74 valence electrons. The molecule has 0 heterocycles. The van der Waals surface area contributed by atoms with Gasteiger partial charge in [0, 0.05) is 5.92 Å². The Morgan fingerprint density at radius 1 is 1.46 bits per heavy atom. The third-order valence-electron chi connectivity index (χ3n) is 2.00. The summed E-state index contributed by atoms with van der Waals surface area (Å²) in [4.78, 5) is 10.6. The van der Waals surface area contributed by atoms with Crippen LogP contribution in [0.2, 0.25) is 0 Å². The van der Waals surface area contributed by atoms with Gasteiger partial charge in [0.05, 0.1) is 7.11 Å². The van der Waals surface area contributed by atoms with Crippen LogP contribution < -0.4 is 0 Å². The summed E-state index contributed by atoms with van der Waals surface area (Å²) >= 11 is 0. The lowest BCUT2D eigenvalue weighted by Gasteiger charge is -2.13. The number of aliphatic hydroxyl groups is 1. The lowest BCUT2D eigenvalue weighted by molar-refractivity contribution is -0.133. The van der Waals surface area contributed by atoms with E-state index in [4.69, 9.17) is 0 Å². The second-order valence-corrected chi connectivity index (χ2v) is 2.78. The van der Waals surface area contributed by atoms with Gasteiger partial charge in [0.15, 0.2) is 0 Å². The molecular weight excluding hydrogens is 168 g/mol. The van der Waals surface area contributed by atoms with Crippen molar-refractivity contribution in [2.75, 3.05) is 7.11 Å². The van der Waals surface area contributed by atoms with Crippen molar-refractivity contribution in [3.63, 3.8) is 0 Å². The zero-order chi connectivity index (χ0) is 10.3. The number of carbonyl (C=O) groups is 1. The third-order valence-corrected chi connectivity index (χ3v) is 2.00. The van der Waals surface area contributed by atoms with Crippen molar-refractivity contribution < 1.29 is 14.6 Å². The molecule has 0 amide bonds. The Kier molecular flexibility index (Phi) is 5.99. The number of ether oxygens (including phenoxy) is 1. The van der Waals surface area contributed by atoms with Gasteiger partial charge in [-0.3, -0.25) is 0 Å². The number of hydrogen-bond donors (Lipinski definition) is 1. The molecule has 0 saturated carbocycles. The Morgan fingerprint density at radius 2 is 2.00 bits per heavy atom. The number of rotatable bonds is 3. The molecule has 1 atom stereocenters. The normalized spacial score (nSPS) is 11.8. The molecule has 0 radical (unpaired) electrons. The van der Waals surface area contributed by atoms with Crippen molar-refractivity contribution in [2.45, 2.75) is 32.8 Å². The molecule has 0 bridgehead atoms. The fraction of sp³-hybridized carbons (Fsp3) is 0.700. The lowest BCUT2D eigenvalue weighted by Crippen LogP contribution is -2.17. The van der Waals surface area contributed by atoms with Crippen molar-refractivity contribution >= 4 is 5.97 Å². The van der Waals surface area contributed by atoms with Gasteiger partial charge >= 0.3 is 5.97 Å². The molecule has 0 fully saturated rings. The van der Waals surface area contributed by atoms with E-state index in [1.165, 1.54) is 7.11 Å². The molecule has 3 heteroatoms. The molecule has 0 aromatic rings. The molecule has 0 rings (SSSR count). The molecule has 13 heavy (non-hydrogen) atoms. The smallest absolute Gasteiger partial charge is 0.384 e. The van der Waals surface area contributed by atoms with Gasteiger partial charge in [0.1, 0.15) is 6.10 Å². The molecule has 0 unspecified atom stereocenters. The van der Waals surface area contributed by atoms with E-state index in [0.717, 1.165) is 12.8 Å². The predicted octanol–water partition coefficient (Wildman–Crippen LogP) is 0.960. The average molecular weight is 184 g/mol. The minimum Gasteiger partial charge on any atom is -0.459 e. The Morgan fingerprint density at radius 3 is 2.38 bits per heavy atom. The monoisotopic (exact) mass is 184 g/mol. The molecule has 3 nitrogen and oxygen atoms in total. The van der Waals surface area contributed by atoms with Gasteiger partial charge in [0.25, 0.3) is 0 Å². The number of esters is 1. The molecule has 0 aromatic carbocycles. The third kappa shape index (κ3) is 4.54. The van der Waals surface area contributed by atoms with Crippen molar-refractivity contribution in [3.8, 4) is 11.8 Å². The van der Waals surface area contributed by atoms with Gasteiger partial charge in [-0.25, -0.2) is 4.79 Å². The van der Waals surface area contributed by atoms with E-state index in [2.05, 4.69) is 16.6 Å². The standard InChI is InChI=1S/C10H16O3/c1-4-8(5-2)9(11)6-7-10(12)13-3/h8-9,11H,4-5H2,1-3H3/t9-/m0/s1. The Balaban J connectivity index is 4.15. The molecule has 0 spiro atoms. The van der Waals surface area contributed by atoms with Crippen LogP contribution in [0.4, 0.5) is 0 Å². The maximum Gasteiger partial charge on any atom is 0.384 e. The van der Waals surface area contributed by atoms with E-state index in [9.17, 15) is 9.90 Å². The maximum absolute atomic E-state index is 10.6. The summed E-state index contributed by atoms with van der Waals surface area (Å²) in [6.45, 7) is 3.97. The molecule has 0 aliphatic carbocycles. The van der Waals surface area contributed by atoms with Crippen LogP contribution in [0.5, 0.6) is 0 Å². The van der Waals surface area contributed by atoms with Crippen LogP contribution in [0.25, 0.3) is 0 Å². The van der Waals surface area contributed by atoms with Crippen LogP contribution in [0.1, 0.15) is 26.7 Å². The first-order valence-corrected chi connectivity index (χ1v) is 4.43. The topological polar surface area (TPSA) is 46.5 Å². The van der Waals surface area contributed by atoms with Gasteiger partial charge in [-0.2, -0.15) is 0 Å². The second-order valence-electron chi connectivity index (χ2n) is 2.78. The Hall–Kier alpha value is -1.01. The summed E-state index contributed by atoms with van der Waals surface area (Å²) in [6, 6.07) is 0. The fourth-order valence-corrected chi connectivity index (χ4v) is 1.04. The van der Waals surface area contributed by atoms with Crippen LogP contribution in [0.3, 0.4) is 0 Å². The minimum atomic E-state index is -0.728. The summed E-state index contributed by atoms with van der Waals surface area (Å²) < 4.78 is 4.32. The minimum absolute atomic E-state index is 0.136. The molecular formula is C10H16O3. The summed E-state index contributed by atoms with van der Waals surface area (Å²) in [5, 5.41) is 9.47. The van der Waals surface area contributed by atoms with Crippen LogP contribution in [0.15, 0.2) is 0 Å². The fourth-order valence-electron chi connectivity index (χ4n) is 1.04. The van der Waals surface area contributed by atoms with Crippen LogP contribution in [-0.4, -0.2) is 24.3 Å². The van der Waals surface area contributed by atoms with Gasteiger partial charge in [-0.1, -0.05) is 19.8 Å². The number of carbonyl (C=O) groups excluding carboxylic acids is 1. The highest BCUT2D eigenvalue weighted by molar-refractivity contribution is 5.88. The first-order valence-electron chi connectivity index (χ1n) is 4.43. The lowest BCUT2D eigenvalue weighted by atomic mass is 9.97. The summed E-state index contributed by atoms with van der Waals surface area (Å²) in [7, 11) is 1.26. The number of aliphatic hydroxyl groups excluding tert-OH is 1. The molecule has 1 N–H and O–H groups in total. The van der Waals surface area contributed by atoms with Crippen molar-refractivity contribution in [2.24, 2.45) is 5.92 Å². The highest BCUT2D eigenvalue weighted by atomic mass is 16.5. The summed E-state index contributed by atoms with van der Waals surface area (Å²) in [6.07, 6.45) is 0.982.